The zero-order valence-corrected chi connectivity index (χ0v) is 10.4. The van der Waals surface area contributed by atoms with E-state index in [1.54, 1.807) is 6.07 Å². The topological polar surface area (TPSA) is 42.4 Å². The molecular formula is C11H10ClF3N2O2. The molecular weight excluding hydrogens is 285 g/mol. The van der Waals surface area contributed by atoms with Gasteiger partial charge in [-0.3, -0.25) is 4.79 Å². The van der Waals surface area contributed by atoms with E-state index in [1.165, 1.54) is 12.3 Å². The van der Waals surface area contributed by atoms with Crippen molar-refractivity contribution in [2.75, 3.05) is 13.1 Å². The van der Waals surface area contributed by atoms with E-state index in [4.69, 9.17) is 16.3 Å². The quantitative estimate of drug-likeness (QED) is 0.803. The zero-order valence-electron chi connectivity index (χ0n) is 9.65. The maximum atomic E-state index is 12.2. The number of pyridine rings is 1. The van der Waals surface area contributed by atoms with Crippen molar-refractivity contribution in [3.8, 4) is 5.75 Å². The largest absolute Gasteiger partial charge is 0.477 e. The Labute approximate surface area is 112 Å². The predicted molar refractivity (Wildman–Crippen MR) is 60.9 cm³/mol. The molecule has 8 heteroatoms. The lowest BCUT2D eigenvalue weighted by molar-refractivity contribution is -0.159. The van der Waals surface area contributed by atoms with Crippen LogP contribution in [0.4, 0.5) is 13.2 Å². The fourth-order valence-electron chi connectivity index (χ4n) is 1.81. The van der Waals surface area contributed by atoms with Crippen LogP contribution in [0.15, 0.2) is 18.3 Å². The number of nitrogens with zero attached hydrogens (tertiary/aromatic N) is 2. The van der Waals surface area contributed by atoms with Crippen LogP contribution in [0.25, 0.3) is 0 Å². The third kappa shape index (κ3) is 3.50. The van der Waals surface area contributed by atoms with E-state index >= 15 is 0 Å². The number of alkyl halides is 3. The predicted octanol–water partition coefficient (Wildman–Crippen LogP) is 2.28. The number of ether oxygens (including phenoxy) is 1. The van der Waals surface area contributed by atoms with Gasteiger partial charge < -0.3 is 9.64 Å². The number of amides is 1. The van der Waals surface area contributed by atoms with Gasteiger partial charge in [0.1, 0.15) is 6.54 Å². The van der Waals surface area contributed by atoms with Crippen molar-refractivity contribution < 1.29 is 22.7 Å². The Morgan fingerprint density at radius 3 is 2.89 bits per heavy atom. The van der Waals surface area contributed by atoms with E-state index < -0.39 is 24.7 Å². The first-order valence-corrected chi connectivity index (χ1v) is 5.87. The summed E-state index contributed by atoms with van der Waals surface area (Å²) in [6, 6.07) is 3.07. The molecule has 1 saturated heterocycles. The molecule has 104 valence electrons. The molecule has 1 aromatic heterocycles. The molecule has 19 heavy (non-hydrogen) atoms. The van der Waals surface area contributed by atoms with Crippen molar-refractivity contribution >= 4 is 17.5 Å². The van der Waals surface area contributed by atoms with Crippen LogP contribution in [-0.4, -0.2) is 41.2 Å². The Morgan fingerprint density at radius 1 is 1.53 bits per heavy atom. The standard InChI is InChI=1S/C11H10ClF3N2O2/c12-9-7(2-1-4-16-9)19-8-3-5-17(10(8)18)6-11(13,14)15/h1-2,4,8H,3,5-6H2/t8-/m0/s1. The van der Waals surface area contributed by atoms with Crippen molar-refractivity contribution in [3.63, 3.8) is 0 Å². The van der Waals surface area contributed by atoms with Crippen LogP contribution in [0.5, 0.6) is 5.75 Å². The van der Waals surface area contributed by atoms with Gasteiger partial charge in [-0.25, -0.2) is 4.98 Å². The summed E-state index contributed by atoms with van der Waals surface area (Å²) in [4.78, 5) is 16.2. The van der Waals surface area contributed by atoms with Crippen molar-refractivity contribution in [2.24, 2.45) is 0 Å². The van der Waals surface area contributed by atoms with E-state index in [1.807, 2.05) is 0 Å². The van der Waals surface area contributed by atoms with E-state index in [-0.39, 0.29) is 23.9 Å². The minimum Gasteiger partial charge on any atom is -0.477 e. The van der Waals surface area contributed by atoms with Gasteiger partial charge in [-0.2, -0.15) is 13.2 Å². The third-order valence-electron chi connectivity index (χ3n) is 2.61. The molecule has 0 N–H and O–H groups in total. The van der Waals surface area contributed by atoms with Gasteiger partial charge >= 0.3 is 6.18 Å². The fraction of sp³-hybridized carbons (Fsp3) is 0.455. The zero-order chi connectivity index (χ0) is 14.0. The summed E-state index contributed by atoms with van der Waals surface area (Å²) in [7, 11) is 0. The van der Waals surface area contributed by atoms with Gasteiger partial charge in [0.2, 0.25) is 0 Å². The molecule has 1 atom stereocenters. The van der Waals surface area contributed by atoms with Crippen LogP contribution in [0.2, 0.25) is 5.15 Å². The third-order valence-corrected chi connectivity index (χ3v) is 2.90. The number of hydrogen-bond donors (Lipinski definition) is 0. The van der Waals surface area contributed by atoms with Crippen LogP contribution in [0.3, 0.4) is 0 Å². The summed E-state index contributed by atoms with van der Waals surface area (Å²) < 4.78 is 42.0. The lowest BCUT2D eigenvalue weighted by atomic mass is 10.3. The summed E-state index contributed by atoms with van der Waals surface area (Å²) in [5, 5.41) is 0.0737. The SMILES string of the molecule is O=C1[C@@H](Oc2cccnc2Cl)CCN1CC(F)(F)F. The number of aromatic nitrogens is 1. The number of halogens is 4. The molecule has 0 spiro atoms. The minimum atomic E-state index is -4.41. The lowest BCUT2D eigenvalue weighted by Gasteiger charge is -2.18. The number of likely N-dealkylation sites (tertiary alicyclic amines) is 1. The van der Waals surface area contributed by atoms with Gasteiger partial charge in [-0.05, 0) is 12.1 Å². The molecule has 0 aromatic carbocycles. The molecule has 0 unspecified atom stereocenters. The molecule has 0 bridgehead atoms. The van der Waals surface area contributed by atoms with Gasteiger partial charge in [0.25, 0.3) is 5.91 Å². The second kappa shape index (κ2) is 5.24. The first-order valence-electron chi connectivity index (χ1n) is 5.49. The van der Waals surface area contributed by atoms with Gasteiger partial charge in [-0.1, -0.05) is 11.6 Å². The maximum Gasteiger partial charge on any atom is 0.406 e. The number of carbonyl (C=O) groups excluding carboxylic acids is 1. The summed E-state index contributed by atoms with van der Waals surface area (Å²) in [5.74, 6) is -0.492. The molecule has 1 aliphatic rings. The first kappa shape index (κ1) is 13.9. The molecule has 4 nitrogen and oxygen atoms in total. The minimum absolute atomic E-state index is 0.0148. The van der Waals surface area contributed by atoms with E-state index in [0.29, 0.717) is 0 Å². The lowest BCUT2D eigenvalue weighted by Crippen LogP contribution is -2.38. The van der Waals surface area contributed by atoms with Crippen molar-refractivity contribution in [3.05, 3.63) is 23.5 Å². The first-order chi connectivity index (χ1) is 8.87. The normalized spacial score (nSPS) is 19.9. The van der Waals surface area contributed by atoms with Gasteiger partial charge in [0, 0.05) is 19.2 Å². The highest BCUT2D eigenvalue weighted by atomic mass is 35.5. The number of rotatable bonds is 3. The molecule has 0 aliphatic carbocycles. The van der Waals surface area contributed by atoms with E-state index in [0.717, 1.165) is 4.90 Å². The van der Waals surface area contributed by atoms with Crippen molar-refractivity contribution in [2.45, 2.75) is 18.7 Å². The summed E-state index contributed by atoms with van der Waals surface area (Å²) in [6.45, 7) is -1.24. The fourth-order valence-corrected chi connectivity index (χ4v) is 1.97. The Balaban J connectivity index is 2.01. The van der Waals surface area contributed by atoms with Crippen molar-refractivity contribution in [1.82, 2.24) is 9.88 Å². The van der Waals surface area contributed by atoms with Crippen LogP contribution in [0.1, 0.15) is 6.42 Å². The molecule has 1 aromatic rings. The molecule has 0 saturated carbocycles. The molecule has 1 fully saturated rings. The van der Waals surface area contributed by atoms with Crippen LogP contribution < -0.4 is 4.74 Å². The van der Waals surface area contributed by atoms with Crippen LogP contribution in [0, 0.1) is 0 Å². The highest BCUT2D eigenvalue weighted by Crippen LogP contribution is 2.26. The average molecular weight is 295 g/mol. The molecule has 0 radical (unpaired) electrons. The molecule has 1 aliphatic heterocycles. The highest BCUT2D eigenvalue weighted by Gasteiger charge is 2.40. The molecule has 1 amide bonds. The van der Waals surface area contributed by atoms with E-state index in [2.05, 4.69) is 4.98 Å². The second-order valence-corrected chi connectivity index (χ2v) is 4.42. The maximum absolute atomic E-state index is 12.2. The summed E-state index contributed by atoms with van der Waals surface area (Å²) in [6.07, 6.45) is -3.71. The Morgan fingerprint density at radius 2 is 2.26 bits per heavy atom. The smallest absolute Gasteiger partial charge is 0.406 e. The molecule has 2 heterocycles. The molecule has 2 rings (SSSR count). The number of carbonyl (C=O) groups is 1. The van der Waals surface area contributed by atoms with Gasteiger partial charge in [0.05, 0.1) is 0 Å². The van der Waals surface area contributed by atoms with Crippen LogP contribution >= 0.6 is 11.6 Å². The Kier molecular flexibility index (Phi) is 3.84. The van der Waals surface area contributed by atoms with Crippen LogP contribution in [-0.2, 0) is 4.79 Å². The summed E-state index contributed by atoms with van der Waals surface area (Å²) >= 11 is 5.75. The van der Waals surface area contributed by atoms with E-state index in [9.17, 15) is 18.0 Å². The second-order valence-electron chi connectivity index (χ2n) is 4.06. The highest BCUT2D eigenvalue weighted by molar-refractivity contribution is 6.30. The summed E-state index contributed by atoms with van der Waals surface area (Å²) in [5.41, 5.74) is 0. The van der Waals surface area contributed by atoms with Gasteiger partial charge in [0.15, 0.2) is 17.0 Å². The van der Waals surface area contributed by atoms with Gasteiger partial charge in [-0.15, -0.1) is 0 Å². The number of hydrogen-bond acceptors (Lipinski definition) is 3. The monoisotopic (exact) mass is 294 g/mol. The average Bonchev–Trinajstić information content (AvgIpc) is 2.63. The van der Waals surface area contributed by atoms with Crippen molar-refractivity contribution in [1.29, 1.82) is 0 Å². The Hall–Kier alpha value is -1.50. The Bertz CT molecular complexity index is 481.